The van der Waals surface area contributed by atoms with Gasteiger partial charge in [0.15, 0.2) is 0 Å². The van der Waals surface area contributed by atoms with Gasteiger partial charge in [-0.1, -0.05) is 12.1 Å². The van der Waals surface area contributed by atoms with Gasteiger partial charge in [-0.05, 0) is 23.8 Å². The van der Waals surface area contributed by atoms with Crippen molar-refractivity contribution in [3.63, 3.8) is 0 Å². The van der Waals surface area contributed by atoms with Gasteiger partial charge in [0, 0.05) is 26.3 Å². The molecule has 2 N–H and O–H groups in total. The van der Waals surface area contributed by atoms with Crippen molar-refractivity contribution >= 4 is 24.4 Å². The van der Waals surface area contributed by atoms with E-state index in [9.17, 15) is 9.18 Å². The monoisotopic (exact) mass is 300 g/mol. The van der Waals surface area contributed by atoms with Crippen LogP contribution in [0, 0.1) is 5.82 Å². The van der Waals surface area contributed by atoms with Crippen LogP contribution in [0.4, 0.5) is 4.39 Å². The van der Waals surface area contributed by atoms with Crippen LogP contribution in [0.25, 0.3) is 6.08 Å². The third-order valence-corrected chi connectivity index (χ3v) is 3.06. The predicted molar refractivity (Wildman–Crippen MR) is 78.3 cm³/mol. The van der Waals surface area contributed by atoms with Crippen LogP contribution in [-0.2, 0) is 9.53 Å². The van der Waals surface area contributed by atoms with E-state index in [1.165, 1.54) is 18.2 Å². The fraction of sp³-hybridized carbons (Fsp3) is 0.357. The molecule has 1 aliphatic heterocycles. The second-order valence-corrected chi connectivity index (χ2v) is 4.44. The first-order valence-electron chi connectivity index (χ1n) is 6.16. The molecule has 1 aliphatic rings. The van der Waals surface area contributed by atoms with E-state index < -0.39 is 0 Å². The van der Waals surface area contributed by atoms with Crippen molar-refractivity contribution in [1.82, 2.24) is 10.6 Å². The smallest absolute Gasteiger partial charge is 0.244 e. The highest BCUT2D eigenvalue weighted by Gasteiger charge is 2.27. The minimum absolute atomic E-state index is 0. The molecule has 0 radical (unpaired) electrons. The number of halogens is 2. The van der Waals surface area contributed by atoms with Crippen LogP contribution >= 0.6 is 12.4 Å². The predicted octanol–water partition coefficient (Wildman–Crippen LogP) is 1.36. The normalized spacial score (nSPS) is 21.7. The van der Waals surface area contributed by atoms with Gasteiger partial charge in [-0.15, -0.1) is 12.4 Å². The third-order valence-electron chi connectivity index (χ3n) is 3.06. The van der Waals surface area contributed by atoms with Gasteiger partial charge in [0.1, 0.15) is 5.82 Å². The van der Waals surface area contributed by atoms with E-state index in [1.54, 1.807) is 25.3 Å². The number of carbonyl (C=O) groups excluding carboxylic acids is 1. The number of carbonyl (C=O) groups is 1. The zero-order chi connectivity index (χ0) is 13.7. The molecule has 1 heterocycles. The third kappa shape index (κ3) is 4.59. The van der Waals surface area contributed by atoms with Crippen LogP contribution in [0.1, 0.15) is 5.56 Å². The Balaban J connectivity index is 0.00000200. The quantitative estimate of drug-likeness (QED) is 0.826. The van der Waals surface area contributed by atoms with Crippen molar-refractivity contribution in [1.29, 1.82) is 0 Å². The molecule has 2 rings (SSSR count). The summed E-state index contributed by atoms with van der Waals surface area (Å²) in [4.78, 5) is 11.7. The van der Waals surface area contributed by atoms with Gasteiger partial charge in [-0.3, -0.25) is 4.79 Å². The Hall–Kier alpha value is -1.43. The van der Waals surface area contributed by atoms with Crippen LogP contribution in [-0.4, -0.2) is 38.3 Å². The van der Waals surface area contributed by atoms with E-state index in [0.29, 0.717) is 12.1 Å². The van der Waals surface area contributed by atoms with Gasteiger partial charge in [0.2, 0.25) is 5.91 Å². The molecule has 1 aromatic carbocycles. The minimum Gasteiger partial charge on any atom is -0.378 e. The molecule has 110 valence electrons. The topological polar surface area (TPSA) is 50.4 Å². The highest BCUT2D eigenvalue weighted by molar-refractivity contribution is 5.92. The largest absolute Gasteiger partial charge is 0.378 e. The SMILES string of the molecule is COC1CNCC1NC(=O)/C=C/c1cccc(F)c1.Cl. The summed E-state index contributed by atoms with van der Waals surface area (Å²) < 4.78 is 18.2. The number of hydrogen-bond acceptors (Lipinski definition) is 3. The lowest BCUT2D eigenvalue weighted by atomic mass is 10.2. The van der Waals surface area contributed by atoms with E-state index in [2.05, 4.69) is 10.6 Å². The standard InChI is InChI=1S/C14H17FN2O2.ClH/c1-19-13-9-16-8-12(13)17-14(18)6-5-10-3-2-4-11(15)7-10;/h2-7,12-13,16H,8-9H2,1H3,(H,17,18);1H/b6-5+;. The first-order chi connectivity index (χ1) is 9.19. The summed E-state index contributed by atoms with van der Waals surface area (Å²) in [6, 6.07) is 6.05. The maximum Gasteiger partial charge on any atom is 0.244 e. The Morgan fingerprint density at radius 2 is 2.30 bits per heavy atom. The lowest BCUT2D eigenvalue weighted by Crippen LogP contribution is -2.42. The van der Waals surface area contributed by atoms with Gasteiger partial charge in [0.05, 0.1) is 12.1 Å². The van der Waals surface area contributed by atoms with Gasteiger partial charge < -0.3 is 15.4 Å². The van der Waals surface area contributed by atoms with Gasteiger partial charge in [-0.2, -0.15) is 0 Å². The molecule has 1 amide bonds. The Morgan fingerprint density at radius 1 is 1.50 bits per heavy atom. The summed E-state index contributed by atoms with van der Waals surface area (Å²) >= 11 is 0. The summed E-state index contributed by atoms with van der Waals surface area (Å²) in [5.41, 5.74) is 0.656. The summed E-state index contributed by atoms with van der Waals surface area (Å²) in [6.07, 6.45) is 2.98. The van der Waals surface area contributed by atoms with E-state index >= 15 is 0 Å². The van der Waals surface area contributed by atoms with Crippen molar-refractivity contribution < 1.29 is 13.9 Å². The van der Waals surface area contributed by atoms with Crippen molar-refractivity contribution in [3.8, 4) is 0 Å². The number of hydrogen-bond donors (Lipinski definition) is 2. The molecule has 0 aliphatic carbocycles. The van der Waals surface area contributed by atoms with E-state index in [1.807, 2.05) is 0 Å². The molecule has 0 aromatic heterocycles. The Labute approximate surface area is 123 Å². The first-order valence-corrected chi connectivity index (χ1v) is 6.16. The van der Waals surface area contributed by atoms with Crippen LogP contribution in [0.5, 0.6) is 0 Å². The number of methoxy groups -OCH3 is 1. The fourth-order valence-electron chi connectivity index (χ4n) is 2.06. The van der Waals surface area contributed by atoms with Gasteiger partial charge in [-0.25, -0.2) is 4.39 Å². The summed E-state index contributed by atoms with van der Waals surface area (Å²) in [7, 11) is 1.62. The maximum absolute atomic E-state index is 13.0. The lowest BCUT2D eigenvalue weighted by Gasteiger charge is -2.17. The Kier molecular flexibility index (Phi) is 6.64. The molecule has 1 fully saturated rings. The summed E-state index contributed by atoms with van der Waals surface area (Å²) in [5.74, 6) is -0.526. The van der Waals surface area contributed by atoms with Crippen LogP contribution in [0.3, 0.4) is 0 Å². The lowest BCUT2D eigenvalue weighted by molar-refractivity contribution is -0.117. The zero-order valence-corrected chi connectivity index (χ0v) is 12.0. The van der Waals surface area contributed by atoms with Crippen molar-refractivity contribution in [2.24, 2.45) is 0 Å². The molecule has 6 heteroatoms. The summed E-state index contributed by atoms with van der Waals surface area (Å²) in [5, 5.41) is 6.00. The zero-order valence-electron chi connectivity index (χ0n) is 11.1. The summed E-state index contributed by atoms with van der Waals surface area (Å²) in [6.45, 7) is 1.42. The molecule has 0 saturated carbocycles. The number of ether oxygens (including phenoxy) is 1. The second kappa shape index (κ2) is 7.99. The molecule has 4 nitrogen and oxygen atoms in total. The van der Waals surface area contributed by atoms with Crippen LogP contribution in [0.15, 0.2) is 30.3 Å². The molecule has 2 unspecified atom stereocenters. The maximum atomic E-state index is 13.0. The molecule has 20 heavy (non-hydrogen) atoms. The van der Waals surface area contributed by atoms with Crippen molar-refractivity contribution in [3.05, 3.63) is 41.7 Å². The molecular weight excluding hydrogens is 283 g/mol. The molecule has 0 spiro atoms. The van der Waals surface area contributed by atoms with E-state index in [4.69, 9.17) is 4.74 Å². The van der Waals surface area contributed by atoms with Crippen molar-refractivity contribution in [2.45, 2.75) is 12.1 Å². The number of amides is 1. The van der Waals surface area contributed by atoms with Crippen LogP contribution < -0.4 is 10.6 Å². The molecule has 1 saturated heterocycles. The van der Waals surface area contributed by atoms with Gasteiger partial charge >= 0.3 is 0 Å². The average molecular weight is 301 g/mol. The highest BCUT2D eigenvalue weighted by Crippen LogP contribution is 2.06. The number of nitrogens with one attached hydrogen (secondary N) is 2. The Bertz CT molecular complexity index is 482. The highest BCUT2D eigenvalue weighted by atomic mass is 35.5. The van der Waals surface area contributed by atoms with Gasteiger partial charge in [0.25, 0.3) is 0 Å². The minimum atomic E-state index is -0.318. The van der Waals surface area contributed by atoms with Crippen molar-refractivity contribution in [2.75, 3.05) is 20.2 Å². The second-order valence-electron chi connectivity index (χ2n) is 4.44. The van der Waals surface area contributed by atoms with Crippen LogP contribution in [0.2, 0.25) is 0 Å². The first kappa shape index (κ1) is 16.6. The molecule has 0 bridgehead atoms. The average Bonchev–Trinajstić information content (AvgIpc) is 2.84. The molecule has 2 atom stereocenters. The number of benzene rings is 1. The Morgan fingerprint density at radius 3 is 3.00 bits per heavy atom. The van der Waals surface area contributed by atoms with E-state index in [-0.39, 0.29) is 36.3 Å². The molecular formula is C14H18ClFN2O2. The van der Waals surface area contributed by atoms with E-state index in [0.717, 1.165) is 6.54 Å². The molecule has 1 aromatic rings. The fourth-order valence-corrected chi connectivity index (χ4v) is 2.06. The number of rotatable bonds is 4.